The molecule has 0 bridgehead atoms. The Morgan fingerprint density at radius 1 is 1.20 bits per heavy atom. The van der Waals surface area contributed by atoms with Crippen LogP contribution in [0.1, 0.15) is 35.6 Å². The summed E-state index contributed by atoms with van der Waals surface area (Å²) < 4.78 is 41.4. The summed E-state index contributed by atoms with van der Waals surface area (Å²) in [5.74, 6) is -0.895. The highest BCUT2D eigenvalue weighted by Crippen LogP contribution is 2.35. The number of alkyl halides is 3. The first-order valence-electron chi connectivity index (χ1n) is 8.98. The summed E-state index contributed by atoms with van der Waals surface area (Å²) in [5, 5.41) is 20.7. The predicted molar refractivity (Wildman–Crippen MR) is 109 cm³/mol. The first-order valence-corrected chi connectivity index (χ1v) is 9.74. The highest BCUT2D eigenvalue weighted by molar-refractivity contribution is 6.37. The SMILES string of the molecule is Cc1ccc([C@H](N[C@@H](Cc2cc(Cl)c(O)c(Cl)c2)C(=O)CCC#N)C(F)(F)F)cc1. The van der Waals surface area contributed by atoms with E-state index in [2.05, 4.69) is 5.32 Å². The number of rotatable bonds is 8. The topological polar surface area (TPSA) is 73.1 Å². The van der Waals surface area contributed by atoms with Gasteiger partial charge in [0.1, 0.15) is 6.04 Å². The van der Waals surface area contributed by atoms with Gasteiger partial charge in [-0.15, -0.1) is 0 Å². The predicted octanol–water partition coefficient (Wildman–Crippen LogP) is 5.68. The summed E-state index contributed by atoms with van der Waals surface area (Å²) in [6, 6.07) is 6.98. The molecule has 160 valence electrons. The fourth-order valence-corrected chi connectivity index (χ4v) is 3.46. The molecule has 0 saturated heterocycles. The first-order chi connectivity index (χ1) is 14.0. The van der Waals surface area contributed by atoms with Crippen LogP contribution in [0, 0.1) is 18.3 Å². The fourth-order valence-electron chi connectivity index (χ4n) is 2.93. The van der Waals surface area contributed by atoms with E-state index in [9.17, 15) is 23.1 Å². The van der Waals surface area contributed by atoms with E-state index in [-0.39, 0.29) is 40.6 Å². The van der Waals surface area contributed by atoms with Crippen LogP contribution in [0.15, 0.2) is 36.4 Å². The number of carbonyl (C=O) groups is 1. The molecule has 0 spiro atoms. The minimum Gasteiger partial charge on any atom is -0.505 e. The summed E-state index contributed by atoms with van der Waals surface area (Å²) in [7, 11) is 0. The van der Waals surface area contributed by atoms with Crippen molar-refractivity contribution >= 4 is 29.0 Å². The van der Waals surface area contributed by atoms with Crippen LogP contribution in [0.4, 0.5) is 13.2 Å². The van der Waals surface area contributed by atoms with Gasteiger partial charge in [0.05, 0.1) is 22.2 Å². The Morgan fingerprint density at radius 3 is 2.27 bits per heavy atom. The average molecular weight is 459 g/mol. The van der Waals surface area contributed by atoms with E-state index in [1.54, 1.807) is 19.1 Å². The lowest BCUT2D eigenvalue weighted by atomic mass is 9.96. The molecule has 0 aliphatic heterocycles. The van der Waals surface area contributed by atoms with Crippen LogP contribution in [0.2, 0.25) is 10.0 Å². The zero-order valence-electron chi connectivity index (χ0n) is 15.9. The maximum Gasteiger partial charge on any atom is 0.407 e. The van der Waals surface area contributed by atoms with Gasteiger partial charge < -0.3 is 5.11 Å². The number of nitriles is 1. The van der Waals surface area contributed by atoms with E-state index >= 15 is 0 Å². The summed E-state index contributed by atoms with van der Waals surface area (Å²) >= 11 is 11.8. The van der Waals surface area contributed by atoms with E-state index in [0.717, 1.165) is 5.56 Å². The number of aromatic hydroxyl groups is 1. The zero-order chi connectivity index (χ0) is 22.5. The molecule has 0 aliphatic rings. The van der Waals surface area contributed by atoms with Crippen molar-refractivity contribution in [3.05, 3.63) is 63.1 Å². The van der Waals surface area contributed by atoms with Crippen LogP contribution in [-0.2, 0) is 11.2 Å². The Hall–Kier alpha value is -2.27. The van der Waals surface area contributed by atoms with Crippen molar-refractivity contribution in [1.82, 2.24) is 5.32 Å². The van der Waals surface area contributed by atoms with E-state index in [4.69, 9.17) is 28.5 Å². The maximum atomic E-state index is 13.8. The van der Waals surface area contributed by atoms with Crippen LogP contribution in [0.3, 0.4) is 0 Å². The molecule has 0 heterocycles. The molecule has 2 N–H and O–H groups in total. The molecule has 2 aromatic carbocycles. The summed E-state index contributed by atoms with van der Waals surface area (Å²) in [6.07, 6.45) is -5.13. The molecule has 0 fully saturated rings. The van der Waals surface area contributed by atoms with Crippen LogP contribution >= 0.6 is 23.2 Å². The third kappa shape index (κ3) is 6.36. The van der Waals surface area contributed by atoms with E-state index in [1.165, 1.54) is 24.3 Å². The Bertz CT molecular complexity index is 918. The van der Waals surface area contributed by atoms with Crippen molar-refractivity contribution in [2.75, 3.05) is 0 Å². The highest BCUT2D eigenvalue weighted by atomic mass is 35.5. The van der Waals surface area contributed by atoms with Gasteiger partial charge in [0, 0.05) is 12.8 Å². The number of halogens is 5. The van der Waals surface area contributed by atoms with Crippen LogP contribution in [0.5, 0.6) is 5.75 Å². The summed E-state index contributed by atoms with van der Waals surface area (Å²) in [5.41, 5.74) is 1.14. The van der Waals surface area contributed by atoms with Gasteiger partial charge in [-0.05, 0) is 36.6 Å². The Morgan fingerprint density at radius 2 is 1.77 bits per heavy atom. The monoisotopic (exact) mass is 458 g/mol. The number of phenols is 1. The Balaban J connectivity index is 2.38. The number of nitrogens with zero attached hydrogens (tertiary/aromatic N) is 1. The molecule has 0 aliphatic carbocycles. The molecule has 0 unspecified atom stereocenters. The Kier molecular flexibility index (Phi) is 8.13. The molecule has 0 amide bonds. The van der Waals surface area contributed by atoms with Crippen LogP contribution in [-0.4, -0.2) is 23.1 Å². The minimum atomic E-state index is -4.66. The molecule has 9 heteroatoms. The van der Waals surface area contributed by atoms with Crippen molar-refractivity contribution in [1.29, 1.82) is 5.26 Å². The highest BCUT2D eigenvalue weighted by Gasteiger charge is 2.42. The number of hydrogen-bond acceptors (Lipinski definition) is 4. The number of ketones is 1. The number of phenolic OH excluding ortho intramolecular Hbond substituents is 1. The molecule has 0 aromatic heterocycles. The molecule has 0 radical (unpaired) electrons. The zero-order valence-corrected chi connectivity index (χ0v) is 17.4. The quantitative estimate of drug-likeness (QED) is 0.533. The normalized spacial score (nSPS) is 13.5. The van der Waals surface area contributed by atoms with Gasteiger partial charge in [0.25, 0.3) is 0 Å². The van der Waals surface area contributed by atoms with Gasteiger partial charge >= 0.3 is 6.18 Å². The molecule has 2 rings (SSSR count). The first kappa shape index (κ1) is 24.0. The van der Waals surface area contributed by atoms with E-state index in [0.29, 0.717) is 5.56 Å². The number of carbonyl (C=O) groups excluding carboxylic acids is 1. The summed E-state index contributed by atoms with van der Waals surface area (Å²) in [6.45, 7) is 1.76. The van der Waals surface area contributed by atoms with Crippen molar-refractivity contribution in [2.24, 2.45) is 0 Å². The van der Waals surface area contributed by atoms with Gasteiger partial charge in [-0.1, -0.05) is 53.0 Å². The molecular formula is C21H19Cl2F3N2O2. The fraction of sp³-hybridized carbons (Fsp3) is 0.333. The minimum absolute atomic E-state index is 0.0343. The van der Waals surface area contributed by atoms with Gasteiger partial charge in [0.15, 0.2) is 11.5 Å². The molecule has 2 atom stereocenters. The van der Waals surface area contributed by atoms with Crippen molar-refractivity contribution < 1.29 is 23.1 Å². The third-order valence-corrected chi connectivity index (χ3v) is 5.07. The second-order valence-corrected chi connectivity index (χ2v) is 7.66. The number of benzene rings is 2. The molecule has 30 heavy (non-hydrogen) atoms. The van der Waals surface area contributed by atoms with Gasteiger partial charge in [0.2, 0.25) is 0 Å². The van der Waals surface area contributed by atoms with Crippen LogP contribution < -0.4 is 5.32 Å². The molecule has 4 nitrogen and oxygen atoms in total. The molecule has 2 aromatic rings. The molecule has 0 saturated carbocycles. The van der Waals surface area contributed by atoms with Gasteiger partial charge in [-0.2, -0.15) is 18.4 Å². The van der Waals surface area contributed by atoms with Crippen molar-refractivity contribution in [2.45, 2.75) is 44.4 Å². The lowest BCUT2D eigenvalue weighted by Gasteiger charge is -2.27. The molecular weight excluding hydrogens is 440 g/mol. The standard InChI is InChI=1S/C21H19Cl2F3N2O2/c1-12-4-6-14(7-5-12)20(21(24,25)26)28-17(18(29)3-2-8-27)11-13-9-15(22)19(30)16(23)10-13/h4-7,9-10,17,20,28,30H,2-3,11H2,1H3/t17-,20-/m0/s1. The second-order valence-electron chi connectivity index (χ2n) is 6.84. The number of nitrogens with one attached hydrogen (secondary N) is 1. The van der Waals surface area contributed by atoms with Crippen LogP contribution in [0.25, 0.3) is 0 Å². The number of Topliss-reactive ketones (excluding diaryl/α,β-unsaturated/α-hetero) is 1. The largest absolute Gasteiger partial charge is 0.505 e. The lowest BCUT2D eigenvalue weighted by molar-refractivity contribution is -0.160. The van der Waals surface area contributed by atoms with Gasteiger partial charge in [-0.25, -0.2) is 0 Å². The second kappa shape index (κ2) is 10.2. The summed E-state index contributed by atoms with van der Waals surface area (Å²) in [4.78, 5) is 12.6. The lowest BCUT2D eigenvalue weighted by Crippen LogP contribution is -2.45. The smallest absolute Gasteiger partial charge is 0.407 e. The number of hydrogen-bond donors (Lipinski definition) is 2. The third-order valence-electron chi connectivity index (χ3n) is 4.49. The number of aryl methyl sites for hydroxylation is 1. The van der Waals surface area contributed by atoms with Gasteiger partial charge in [-0.3, -0.25) is 10.1 Å². The Labute approximate surface area is 182 Å². The van der Waals surface area contributed by atoms with E-state index < -0.39 is 24.0 Å². The van der Waals surface area contributed by atoms with E-state index in [1.807, 2.05) is 6.07 Å². The average Bonchev–Trinajstić information content (AvgIpc) is 2.67. The van der Waals surface area contributed by atoms with Crippen molar-refractivity contribution in [3.63, 3.8) is 0 Å². The maximum absolute atomic E-state index is 13.8. The van der Waals surface area contributed by atoms with Crippen molar-refractivity contribution in [3.8, 4) is 11.8 Å².